The van der Waals surface area contributed by atoms with Crippen molar-refractivity contribution in [2.24, 2.45) is 5.73 Å². The quantitative estimate of drug-likeness (QED) is 0.842. The van der Waals surface area contributed by atoms with Crippen LogP contribution in [0, 0.1) is 0 Å². The zero-order chi connectivity index (χ0) is 18.4. The topological polar surface area (TPSA) is 84.9 Å². The summed E-state index contributed by atoms with van der Waals surface area (Å²) in [6, 6.07) is 1.90. The van der Waals surface area contributed by atoms with E-state index in [2.05, 4.69) is 21.8 Å². The van der Waals surface area contributed by atoms with Crippen molar-refractivity contribution in [2.75, 3.05) is 17.3 Å². The van der Waals surface area contributed by atoms with Crippen LogP contribution >= 0.6 is 0 Å². The van der Waals surface area contributed by atoms with E-state index in [-0.39, 0.29) is 0 Å². The number of rotatable bonds is 5. The molecule has 2 aromatic heterocycles. The van der Waals surface area contributed by atoms with Crippen molar-refractivity contribution >= 4 is 22.9 Å². The number of nitrogens with one attached hydrogen (secondary N) is 1. The van der Waals surface area contributed by atoms with Gasteiger partial charge in [0, 0.05) is 31.2 Å². The van der Waals surface area contributed by atoms with Crippen molar-refractivity contribution in [3.63, 3.8) is 0 Å². The molecule has 3 saturated carbocycles. The number of nitrogens with zero attached hydrogens (tertiary/aromatic N) is 5. The Morgan fingerprint density at radius 3 is 2.48 bits per heavy atom. The first kappa shape index (κ1) is 17.2. The summed E-state index contributed by atoms with van der Waals surface area (Å²) in [6.45, 7) is 0. The summed E-state index contributed by atoms with van der Waals surface area (Å²) in [5.41, 5.74) is 8.01. The fraction of sp³-hybridized carbons (Fsp3) is 0.750. The van der Waals surface area contributed by atoms with Crippen LogP contribution in [0.15, 0.2) is 6.33 Å². The fourth-order valence-electron chi connectivity index (χ4n) is 4.74. The van der Waals surface area contributed by atoms with Gasteiger partial charge in [-0.1, -0.05) is 12.8 Å². The summed E-state index contributed by atoms with van der Waals surface area (Å²) < 4.78 is 2.30. The van der Waals surface area contributed by atoms with Crippen molar-refractivity contribution in [3.05, 3.63) is 6.33 Å². The largest absolute Gasteiger partial charge is 0.355 e. The highest BCUT2D eigenvalue weighted by molar-refractivity contribution is 5.85. The van der Waals surface area contributed by atoms with Gasteiger partial charge < -0.3 is 20.5 Å². The molecular weight excluding hydrogens is 338 g/mol. The van der Waals surface area contributed by atoms with E-state index in [1.807, 2.05) is 6.33 Å². The molecule has 0 atom stereocenters. The lowest BCUT2D eigenvalue weighted by Crippen LogP contribution is -2.33. The third-order valence-electron chi connectivity index (χ3n) is 6.65. The van der Waals surface area contributed by atoms with Gasteiger partial charge in [-0.15, -0.1) is 0 Å². The molecule has 2 aromatic rings. The molecule has 0 bridgehead atoms. The van der Waals surface area contributed by atoms with Crippen LogP contribution in [0.1, 0.15) is 70.3 Å². The molecule has 0 saturated heterocycles. The van der Waals surface area contributed by atoms with Crippen LogP contribution in [0.3, 0.4) is 0 Å². The predicted octanol–water partition coefficient (Wildman–Crippen LogP) is 3.22. The smallest absolute Gasteiger partial charge is 0.227 e. The second-order valence-corrected chi connectivity index (χ2v) is 8.73. The van der Waals surface area contributed by atoms with Crippen LogP contribution in [-0.2, 0) is 0 Å². The van der Waals surface area contributed by atoms with E-state index in [1.54, 1.807) is 0 Å². The number of imidazole rings is 1. The summed E-state index contributed by atoms with van der Waals surface area (Å²) in [5.74, 6) is 1.74. The Kier molecular flexibility index (Phi) is 4.42. The van der Waals surface area contributed by atoms with Gasteiger partial charge in [-0.05, 0) is 51.4 Å². The Bertz CT molecular complexity index is 798. The van der Waals surface area contributed by atoms with Gasteiger partial charge in [0.25, 0.3) is 0 Å². The van der Waals surface area contributed by atoms with E-state index in [4.69, 9.17) is 20.7 Å². The van der Waals surface area contributed by atoms with E-state index in [1.165, 1.54) is 38.5 Å². The minimum atomic E-state index is 0.354. The van der Waals surface area contributed by atoms with E-state index in [0.717, 1.165) is 48.6 Å². The maximum atomic E-state index is 6.07. The normalized spacial score (nSPS) is 26.6. The summed E-state index contributed by atoms with van der Waals surface area (Å²) >= 11 is 0. The number of anilines is 2. The Labute approximate surface area is 160 Å². The molecule has 3 aliphatic rings. The second kappa shape index (κ2) is 6.93. The minimum Gasteiger partial charge on any atom is -0.355 e. The molecule has 3 N–H and O–H groups in total. The third kappa shape index (κ3) is 3.37. The summed E-state index contributed by atoms with van der Waals surface area (Å²) in [7, 11) is 2.15. The first-order valence-corrected chi connectivity index (χ1v) is 10.7. The lowest BCUT2D eigenvalue weighted by Gasteiger charge is -2.27. The van der Waals surface area contributed by atoms with Crippen LogP contribution < -0.4 is 16.0 Å². The molecule has 5 rings (SSSR count). The Balaban J connectivity index is 1.50. The van der Waals surface area contributed by atoms with E-state index in [0.29, 0.717) is 24.2 Å². The number of aromatic nitrogens is 4. The Morgan fingerprint density at radius 2 is 1.78 bits per heavy atom. The first-order valence-electron chi connectivity index (χ1n) is 10.7. The van der Waals surface area contributed by atoms with Crippen LogP contribution in [0.4, 0.5) is 11.8 Å². The fourth-order valence-corrected chi connectivity index (χ4v) is 4.74. The number of fused-ring (bicyclic) bond motifs is 1. The molecule has 3 fully saturated rings. The average Bonchev–Trinajstić information content (AvgIpc) is 3.21. The molecule has 2 heterocycles. The van der Waals surface area contributed by atoms with Crippen LogP contribution in [-0.4, -0.2) is 44.7 Å². The standard InChI is InChI=1S/C20H31N7/c1-26(15-10-11-15)18-17-19(27(12-22-17)16-4-2-3-5-16)25-20(24-18)23-14-8-6-13(21)7-9-14/h12-16H,2-11,21H2,1H3,(H,23,24,25). The number of nitrogens with two attached hydrogens (primary N) is 1. The molecule has 0 unspecified atom stereocenters. The molecule has 7 heteroatoms. The van der Waals surface area contributed by atoms with Gasteiger partial charge in [0.05, 0.1) is 6.33 Å². The molecule has 0 aliphatic heterocycles. The van der Waals surface area contributed by atoms with Crippen molar-refractivity contribution in [3.8, 4) is 0 Å². The van der Waals surface area contributed by atoms with Gasteiger partial charge in [-0.3, -0.25) is 0 Å². The molecule has 0 radical (unpaired) electrons. The van der Waals surface area contributed by atoms with Crippen LogP contribution in [0.25, 0.3) is 11.2 Å². The SMILES string of the molecule is CN(c1nc(NC2CCC(N)CC2)nc2c1ncn2C1CCCC1)C1CC1. The zero-order valence-electron chi connectivity index (χ0n) is 16.3. The number of hydrogen-bond acceptors (Lipinski definition) is 6. The minimum absolute atomic E-state index is 0.354. The highest BCUT2D eigenvalue weighted by atomic mass is 15.3. The maximum Gasteiger partial charge on any atom is 0.227 e. The highest BCUT2D eigenvalue weighted by Gasteiger charge is 2.31. The van der Waals surface area contributed by atoms with Gasteiger partial charge in [-0.2, -0.15) is 9.97 Å². The molecule has 0 spiro atoms. The molecular formula is C20H31N7. The first-order chi connectivity index (χ1) is 13.2. The Morgan fingerprint density at radius 1 is 1.04 bits per heavy atom. The lowest BCUT2D eigenvalue weighted by atomic mass is 9.92. The van der Waals surface area contributed by atoms with Crippen LogP contribution in [0.5, 0.6) is 0 Å². The summed E-state index contributed by atoms with van der Waals surface area (Å²) in [5, 5.41) is 3.61. The highest BCUT2D eigenvalue weighted by Crippen LogP contribution is 2.36. The van der Waals surface area contributed by atoms with Crippen molar-refractivity contribution in [1.29, 1.82) is 0 Å². The van der Waals surface area contributed by atoms with E-state index >= 15 is 0 Å². The molecule has 0 aromatic carbocycles. The lowest BCUT2D eigenvalue weighted by molar-refractivity contribution is 0.410. The van der Waals surface area contributed by atoms with Crippen molar-refractivity contribution in [1.82, 2.24) is 19.5 Å². The zero-order valence-corrected chi connectivity index (χ0v) is 16.3. The van der Waals surface area contributed by atoms with Gasteiger partial charge >= 0.3 is 0 Å². The molecule has 146 valence electrons. The van der Waals surface area contributed by atoms with E-state index < -0.39 is 0 Å². The van der Waals surface area contributed by atoms with E-state index in [9.17, 15) is 0 Å². The maximum absolute atomic E-state index is 6.07. The summed E-state index contributed by atoms with van der Waals surface area (Å²) in [4.78, 5) is 16.9. The second-order valence-electron chi connectivity index (χ2n) is 8.73. The molecule has 0 amide bonds. The average molecular weight is 370 g/mol. The molecule has 27 heavy (non-hydrogen) atoms. The monoisotopic (exact) mass is 369 g/mol. The molecule has 7 nitrogen and oxygen atoms in total. The van der Waals surface area contributed by atoms with Gasteiger partial charge in [0.1, 0.15) is 0 Å². The van der Waals surface area contributed by atoms with Gasteiger partial charge in [0.2, 0.25) is 5.95 Å². The van der Waals surface area contributed by atoms with Crippen molar-refractivity contribution in [2.45, 2.75) is 88.4 Å². The third-order valence-corrected chi connectivity index (χ3v) is 6.65. The Hall–Kier alpha value is -1.89. The summed E-state index contributed by atoms with van der Waals surface area (Å²) in [6.07, 6.45) is 13.9. The van der Waals surface area contributed by atoms with Gasteiger partial charge in [0.15, 0.2) is 17.0 Å². The predicted molar refractivity (Wildman–Crippen MR) is 108 cm³/mol. The van der Waals surface area contributed by atoms with Gasteiger partial charge in [-0.25, -0.2) is 4.98 Å². The number of hydrogen-bond donors (Lipinski definition) is 2. The van der Waals surface area contributed by atoms with Crippen molar-refractivity contribution < 1.29 is 0 Å². The molecule has 3 aliphatic carbocycles. The van der Waals surface area contributed by atoms with Crippen LogP contribution in [0.2, 0.25) is 0 Å².